The lowest BCUT2D eigenvalue weighted by Gasteiger charge is -2.26. The molecule has 2 aliphatic heterocycles. The molecule has 0 spiro atoms. The number of nitrogens with zero attached hydrogens (tertiary/aromatic N) is 1. The van der Waals surface area contributed by atoms with E-state index in [0.717, 1.165) is 37.1 Å². The predicted molar refractivity (Wildman–Crippen MR) is 177 cm³/mol. The molecule has 9 nitrogen and oxygen atoms in total. The van der Waals surface area contributed by atoms with Crippen LogP contribution in [0.1, 0.15) is 69.9 Å². The van der Waals surface area contributed by atoms with Crippen molar-refractivity contribution in [2.24, 2.45) is 0 Å². The Morgan fingerprint density at radius 2 is 1.67 bits per heavy atom. The van der Waals surface area contributed by atoms with Crippen molar-refractivity contribution in [1.29, 1.82) is 0 Å². The zero-order chi connectivity index (χ0) is 31.8. The SMILES string of the molecule is COc1ccc2cc1C(=O)NCCCN(C(=O)c1cc(C3CCNCC3)ccc1F)CCCC(=O)NCCc1ccc(O)c-2c1.Cl. The molecular weight excluding hydrogens is 611 g/mol. The molecule has 0 aliphatic carbocycles. The number of carbonyl (C=O) groups is 3. The van der Waals surface area contributed by atoms with Gasteiger partial charge in [-0.05, 0) is 104 Å². The summed E-state index contributed by atoms with van der Waals surface area (Å²) in [6, 6.07) is 15.2. The van der Waals surface area contributed by atoms with Crippen molar-refractivity contribution < 1.29 is 28.6 Å². The van der Waals surface area contributed by atoms with Crippen molar-refractivity contribution in [1.82, 2.24) is 20.9 Å². The van der Waals surface area contributed by atoms with Crippen LogP contribution in [0.3, 0.4) is 0 Å². The second-order valence-electron chi connectivity index (χ2n) is 11.6. The Labute approximate surface area is 275 Å². The summed E-state index contributed by atoms with van der Waals surface area (Å²) in [4.78, 5) is 41.2. The van der Waals surface area contributed by atoms with Gasteiger partial charge in [0.1, 0.15) is 17.3 Å². The van der Waals surface area contributed by atoms with E-state index in [1.165, 1.54) is 13.2 Å². The molecule has 1 fully saturated rings. The molecule has 2 aliphatic rings. The van der Waals surface area contributed by atoms with Crippen LogP contribution in [0.25, 0.3) is 11.1 Å². The zero-order valence-electron chi connectivity index (χ0n) is 26.1. The quantitative estimate of drug-likeness (QED) is 0.323. The minimum atomic E-state index is -0.569. The Morgan fingerprint density at radius 3 is 2.46 bits per heavy atom. The predicted octanol–water partition coefficient (Wildman–Crippen LogP) is 4.81. The van der Waals surface area contributed by atoms with Gasteiger partial charge in [0.15, 0.2) is 0 Å². The number of rotatable bonds is 3. The number of hydrogen-bond acceptors (Lipinski definition) is 6. The van der Waals surface area contributed by atoms with Crippen molar-refractivity contribution in [3.05, 3.63) is 82.7 Å². The fraction of sp³-hybridized carbons (Fsp3) is 0.400. The number of phenolic OH excluding ortho intramolecular Hbond substituents is 1. The summed E-state index contributed by atoms with van der Waals surface area (Å²) in [6.45, 7) is 2.97. The van der Waals surface area contributed by atoms with Crippen molar-refractivity contribution in [3.63, 3.8) is 0 Å². The van der Waals surface area contributed by atoms with Gasteiger partial charge in [-0.2, -0.15) is 0 Å². The average Bonchev–Trinajstić information content (AvgIpc) is 3.06. The highest BCUT2D eigenvalue weighted by molar-refractivity contribution is 5.98. The molecule has 0 saturated carbocycles. The molecule has 4 bridgehead atoms. The lowest BCUT2D eigenvalue weighted by molar-refractivity contribution is -0.121. The number of amides is 3. The molecule has 46 heavy (non-hydrogen) atoms. The molecule has 5 rings (SSSR count). The maximum Gasteiger partial charge on any atom is 0.256 e. The summed E-state index contributed by atoms with van der Waals surface area (Å²) >= 11 is 0. The third-order valence-electron chi connectivity index (χ3n) is 8.59. The van der Waals surface area contributed by atoms with Crippen molar-refractivity contribution in [2.75, 3.05) is 46.4 Å². The van der Waals surface area contributed by atoms with E-state index < -0.39 is 11.7 Å². The number of halogens is 2. The molecule has 11 heteroatoms. The summed E-state index contributed by atoms with van der Waals surface area (Å²) in [5.41, 5.74) is 3.43. The Hall–Kier alpha value is -4.15. The molecule has 3 aromatic rings. The maximum atomic E-state index is 15.1. The minimum absolute atomic E-state index is 0. The highest BCUT2D eigenvalue weighted by Crippen LogP contribution is 2.33. The largest absolute Gasteiger partial charge is 0.507 e. The summed E-state index contributed by atoms with van der Waals surface area (Å²) in [5, 5.41) is 19.8. The van der Waals surface area contributed by atoms with Crippen LogP contribution in [0.2, 0.25) is 0 Å². The number of carbonyl (C=O) groups excluding carboxylic acids is 3. The van der Waals surface area contributed by atoms with Gasteiger partial charge in [0.25, 0.3) is 11.8 Å². The van der Waals surface area contributed by atoms with Crippen molar-refractivity contribution >= 4 is 30.1 Å². The molecule has 3 amide bonds. The minimum Gasteiger partial charge on any atom is -0.507 e. The van der Waals surface area contributed by atoms with Crippen LogP contribution in [-0.2, 0) is 11.2 Å². The van der Waals surface area contributed by atoms with E-state index in [9.17, 15) is 19.5 Å². The molecule has 2 heterocycles. The van der Waals surface area contributed by atoms with Gasteiger partial charge in [-0.15, -0.1) is 12.4 Å². The Morgan fingerprint density at radius 1 is 0.891 bits per heavy atom. The first-order chi connectivity index (χ1) is 21.8. The van der Waals surface area contributed by atoms with Crippen LogP contribution < -0.4 is 20.7 Å². The lowest BCUT2D eigenvalue weighted by Crippen LogP contribution is -2.36. The number of fused-ring (bicyclic) bond motifs is 5. The molecule has 4 N–H and O–H groups in total. The summed E-state index contributed by atoms with van der Waals surface area (Å²) in [5.74, 6) is -0.742. The molecule has 0 aromatic heterocycles. The van der Waals surface area contributed by atoms with Gasteiger partial charge >= 0.3 is 0 Å². The van der Waals surface area contributed by atoms with Crippen LogP contribution >= 0.6 is 12.4 Å². The highest BCUT2D eigenvalue weighted by Gasteiger charge is 2.23. The lowest BCUT2D eigenvalue weighted by atomic mass is 9.89. The third-order valence-corrected chi connectivity index (χ3v) is 8.59. The van der Waals surface area contributed by atoms with Crippen LogP contribution in [0, 0.1) is 5.82 Å². The number of benzene rings is 3. The Bertz CT molecular complexity index is 1550. The molecular formula is C35H42ClFN4O5. The van der Waals surface area contributed by atoms with Crippen LogP contribution in [0.15, 0.2) is 54.6 Å². The van der Waals surface area contributed by atoms with E-state index >= 15 is 4.39 Å². The molecule has 0 atom stereocenters. The monoisotopic (exact) mass is 652 g/mol. The van der Waals surface area contributed by atoms with Crippen LogP contribution in [-0.4, -0.2) is 74.1 Å². The summed E-state index contributed by atoms with van der Waals surface area (Å²) in [7, 11) is 1.49. The number of hydrogen-bond donors (Lipinski definition) is 4. The maximum absolute atomic E-state index is 15.1. The summed E-state index contributed by atoms with van der Waals surface area (Å²) < 4.78 is 20.5. The van der Waals surface area contributed by atoms with Crippen molar-refractivity contribution in [2.45, 2.75) is 44.4 Å². The third kappa shape index (κ3) is 8.55. The van der Waals surface area contributed by atoms with E-state index in [4.69, 9.17) is 4.74 Å². The van der Waals surface area contributed by atoms with E-state index in [-0.39, 0.29) is 67.5 Å². The average molecular weight is 653 g/mol. The number of aromatic hydroxyl groups is 1. The van der Waals surface area contributed by atoms with Gasteiger partial charge in [0.2, 0.25) is 5.91 Å². The van der Waals surface area contributed by atoms with Gasteiger partial charge in [-0.3, -0.25) is 14.4 Å². The van der Waals surface area contributed by atoms with Gasteiger partial charge in [0, 0.05) is 38.2 Å². The standard InChI is InChI=1S/C35H41FN4O5.ClH/c1-45-32-10-7-26-22-29(32)34(43)39-14-3-19-40(18-2-4-33(42)38-17-11-23-5-9-31(41)27(26)20-23)35(44)28-21-25(6-8-30(28)36)24-12-15-37-16-13-24;/h5-10,20-22,24,37,41H,2-4,11-19H2,1H3,(H,38,42)(H,39,43);1H. The smallest absolute Gasteiger partial charge is 0.256 e. The van der Waals surface area contributed by atoms with Crippen LogP contribution in [0.4, 0.5) is 4.39 Å². The number of ether oxygens (including phenoxy) is 1. The molecule has 3 aromatic carbocycles. The number of piperidine rings is 1. The van der Waals surface area contributed by atoms with E-state index in [0.29, 0.717) is 48.2 Å². The molecule has 246 valence electrons. The first kappa shape index (κ1) is 34.7. The second kappa shape index (κ2) is 16.4. The fourth-order valence-corrected chi connectivity index (χ4v) is 6.06. The summed E-state index contributed by atoms with van der Waals surface area (Å²) in [6.07, 6.45) is 3.44. The Balaban J connectivity index is 0.00000480. The van der Waals surface area contributed by atoms with E-state index in [1.54, 1.807) is 47.4 Å². The molecule has 0 unspecified atom stereocenters. The van der Waals surface area contributed by atoms with Gasteiger partial charge in [-0.1, -0.05) is 18.2 Å². The van der Waals surface area contributed by atoms with Crippen LogP contribution in [0.5, 0.6) is 11.5 Å². The molecule has 1 saturated heterocycles. The van der Waals surface area contributed by atoms with E-state index in [2.05, 4.69) is 16.0 Å². The number of nitrogens with one attached hydrogen (secondary N) is 3. The number of phenols is 1. The first-order valence-corrected chi connectivity index (χ1v) is 15.7. The van der Waals surface area contributed by atoms with Crippen molar-refractivity contribution in [3.8, 4) is 22.6 Å². The highest BCUT2D eigenvalue weighted by atomic mass is 35.5. The Kier molecular flexibility index (Phi) is 12.4. The first-order valence-electron chi connectivity index (χ1n) is 15.7. The molecule has 0 radical (unpaired) electrons. The van der Waals surface area contributed by atoms with Gasteiger partial charge in [0.05, 0.1) is 18.2 Å². The second-order valence-corrected chi connectivity index (χ2v) is 11.6. The topological polar surface area (TPSA) is 120 Å². The fourth-order valence-electron chi connectivity index (χ4n) is 6.06. The van der Waals surface area contributed by atoms with Gasteiger partial charge in [-0.25, -0.2) is 4.39 Å². The van der Waals surface area contributed by atoms with E-state index in [1.807, 2.05) is 6.07 Å². The zero-order valence-corrected chi connectivity index (χ0v) is 26.9. The normalized spacial score (nSPS) is 17.0. The van der Waals surface area contributed by atoms with Gasteiger partial charge < -0.3 is 30.7 Å². The number of methoxy groups -OCH3 is 1.